The van der Waals surface area contributed by atoms with Crippen LogP contribution in [0.3, 0.4) is 0 Å². The number of primary amides is 1. The second-order valence-electron chi connectivity index (χ2n) is 6.27. The number of carbonyl (C=O) groups is 2. The number of nitrogens with two attached hydrogens (primary N) is 1. The van der Waals surface area contributed by atoms with Crippen LogP contribution in [0.15, 0.2) is 42.6 Å². The fourth-order valence-corrected chi connectivity index (χ4v) is 3.17. The lowest BCUT2D eigenvalue weighted by Gasteiger charge is -2.36. The Morgan fingerprint density at radius 2 is 2.04 bits per heavy atom. The highest BCUT2D eigenvalue weighted by Gasteiger charge is 2.30. The number of benzene rings is 1. The van der Waals surface area contributed by atoms with Crippen molar-refractivity contribution >= 4 is 28.8 Å². The first-order valence-electron chi connectivity index (χ1n) is 8.18. The molecule has 2 N–H and O–H groups in total. The standard InChI is InChI=1S/C19H21N3O2/c1-13-7-8-16(19(20)24)12-22(13)17(23)10-9-15-5-2-4-14-6-3-11-21-18(14)15/h2-6,9-11,13,16H,7-8,12H2,1H3,(H2,20,24). The number of rotatable bonds is 3. The van der Waals surface area contributed by atoms with Gasteiger partial charge in [-0.3, -0.25) is 14.6 Å². The number of fused-ring (bicyclic) bond motifs is 1. The van der Waals surface area contributed by atoms with Crippen LogP contribution in [0.2, 0.25) is 0 Å². The lowest BCUT2D eigenvalue weighted by molar-refractivity contribution is -0.133. The van der Waals surface area contributed by atoms with Crippen molar-refractivity contribution in [1.82, 2.24) is 9.88 Å². The highest BCUT2D eigenvalue weighted by molar-refractivity contribution is 5.95. The largest absolute Gasteiger partial charge is 0.369 e. The molecule has 24 heavy (non-hydrogen) atoms. The van der Waals surface area contributed by atoms with Gasteiger partial charge < -0.3 is 10.6 Å². The summed E-state index contributed by atoms with van der Waals surface area (Å²) >= 11 is 0. The van der Waals surface area contributed by atoms with E-state index < -0.39 is 0 Å². The van der Waals surface area contributed by atoms with Gasteiger partial charge in [0.05, 0.1) is 11.4 Å². The zero-order valence-corrected chi connectivity index (χ0v) is 13.7. The van der Waals surface area contributed by atoms with Crippen molar-refractivity contribution in [2.45, 2.75) is 25.8 Å². The Kier molecular flexibility index (Phi) is 4.60. The molecule has 2 aromatic rings. The number of likely N-dealkylation sites (tertiary alicyclic amines) is 1. The first-order chi connectivity index (χ1) is 11.6. The number of para-hydroxylation sites is 1. The van der Waals surface area contributed by atoms with E-state index in [-0.39, 0.29) is 23.8 Å². The predicted molar refractivity (Wildman–Crippen MR) is 93.9 cm³/mol. The lowest BCUT2D eigenvalue weighted by atomic mass is 9.93. The number of amides is 2. The SMILES string of the molecule is CC1CCC(C(N)=O)CN1C(=O)C=Cc1cccc2cccnc12. The summed E-state index contributed by atoms with van der Waals surface area (Å²) in [7, 11) is 0. The van der Waals surface area contributed by atoms with Gasteiger partial charge in [0.15, 0.2) is 0 Å². The van der Waals surface area contributed by atoms with E-state index in [0.29, 0.717) is 6.54 Å². The summed E-state index contributed by atoms with van der Waals surface area (Å²) in [5, 5.41) is 1.03. The number of aromatic nitrogens is 1. The lowest BCUT2D eigenvalue weighted by Crippen LogP contribution is -2.48. The van der Waals surface area contributed by atoms with Crippen molar-refractivity contribution in [2.75, 3.05) is 6.54 Å². The third kappa shape index (κ3) is 3.30. The van der Waals surface area contributed by atoms with Gasteiger partial charge >= 0.3 is 0 Å². The molecule has 0 saturated carbocycles. The Morgan fingerprint density at radius 1 is 1.25 bits per heavy atom. The average molecular weight is 323 g/mol. The van der Waals surface area contributed by atoms with E-state index in [1.165, 1.54) is 0 Å². The molecule has 1 aromatic carbocycles. The third-order valence-electron chi connectivity index (χ3n) is 4.64. The molecular weight excluding hydrogens is 302 g/mol. The zero-order valence-electron chi connectivity index (χ0n) is 13.7. The number of nitrogens with zero attached hydrogens (tertiary/aromatic N) is 2. The number of carbonyl (C=O) groups excluding carboxylic acids is 2. The van der Waals surface area contributed by atoms with Crippen molar-refractivity contribution in [2.24, 2.45) is 11.7 Å². The van der Waals surface area contributed by atoms with Gasteiger partial charge in [0.25, 0.3) is 0 Å². The van der Waals surface area contributed by atoms with Gasteiger partial charge in [-0.05, 0) is 31.9 Å². The van der Waals surface area contributed by atoms with E-state index in [2.05, 4.69) is 4.98 Å². The van der Waals surface area contributed by atoms with Gasteiger partial charge in [-0.25, -0.2) is 0 Å². The molecule has 2 amide bonds. The molecule has 1 fully saturated rings. The monoisotopic (exact) mass is 323 g/mol. The molecule has 124 valence electrons. The van der Waals surface area contributed by atoms with Crippen LogP contribution in [0.1, 0.15) is 25.3 Å². The first-order valence-corrected chi connectivity index (χ1v) is 8.18. The number of piperidine rings is 1. The molecule has 2 atom stereocenters. The Labute approximate surface area is 141 Å². The minimum absolute atomic E-state index is 0.0959. The molecule has 0 radical (unpaired) electrons. The minimum atomic E-state index is -0.332. The van der Waals surface area contributed by atoms with E-state index in [9.17, 15) is 9.59 Å². The van der Waals surface area contributed by atoms with Crippen LogP contribution in [0.4, 0.5) is 0 Å². The molecule has 0 aliphatic carbocycles. The fraction of sp³-hybridized carbons (Fsp3) is 0.316. The van der Waals surface area contributed by atoms with E-state index in [4.69, 9.17) is 5.73 Å². The van der Waals surface area contributed by atoms with Crippen LogP contribution in [-0.4, -0.2) is 34.3 Å². The molecule has 1 saturated heterocycles. The number of pyridine rings is 1. The topological polar surface area (TPSA) is 76.3 Å². The van der Waals surface area contributed by atoms with Crippen LogP contribution >= 0.6 is 0 Å². The maximum Gasteiger partial charge on any atom is 0.246 e. The Bertz CT molecular complexity index is 795. The van der Waals surface area contributed by atoms with Crippen LogP contribution in [-0.2, 0) is 9.59 Å². The molecule has 1 aliphatic rings. The first kappa shape index (κ1) is 16.2. The van der Waals surface area contributed by atoms with Gasteiger partial charge in [0, 0.05) is 35.8 Å². The molecule has 0 bridgehead atoms. The van der Waals surface area contributed by atoms with Gasteiger partial charge in [-0.15, -0.1) is 0 Å². The van der Waals surface area contributed by atoms with Crippen molar-refractivity contribution in [3.63, 3.8) is 0 Å². The normalized spacial score (nSPS) is 21.3. The van der Waals surface area contributed by atoms with Crippen molar-refractivity contribution < 1.29 is 9.59 Å². The van der Waals surface area contributed by atoms with E-state index >= 15 is 0 Å². The second kappa shape index (κ2) is 6.83. The Hall–Kier alpha value is -2.69. The van der Waals surface area contributed by atoms with Crippen LogP contribution in [0.25, 0.3) is 17.0 Å². The second-order valence-corrected chi connectivity index (χ2v) is 6.27. The average Bonchev–Trinajstić information content (AvgIpc) is 2.59. The Morgan fingerprint density at radius 3 is 2.83 bits per heavy atom. The molecular formula is C19H21N3O2. The molecule has 1 aliphatic heterocycles. The summed E-state index contributed by atoms with van der Waals surface area (Å²) in [4.78, 5) is 30.1. The van der Waals surface area contributed by atoms with Gasteiger partial charge in [-0.1, -0.05) is 24.3 Å². The van der Waals surface area contributed by atoms with E-state index in [1.54, 1.807) is 23.2 Å². The third-order valence-corrected chi connectivity index (χ3v) is 4.64. The minimum Gasteiger partial charge on any atom is -0.369 e. The smallest absolute Gasteiger partial charge is 0.246 e. The molecule has 2 heterocycles. The molecule has 5 nitrogen and oxygen atoms in total. The summed E-state index contributed by atoms with van der Waals surface area (Å²) in [6.45, 7) is 2.40. The molecule has 0 spiro atoms. The van der Waals surface area contributed by atoms with Crippen LogP contribution < -0.4 is 5.73 Å². The van der Waals surface area contributed by atoms with Crippen LogP contribution in [0.5, 0.6) is 0 Å². The number of hydrogen-bond acceptors (Lipinski definition) is 3. The van der Waals surface area contributed by atoms with Crippen molar-refractivity contribution in [3.05, 3.63) is 48.2 Å². The molecule has 1 aromatic heterocycles. The van der Waals surface area contributed by atoms with Gasteiger partial charge in [-0.2, -0.15) is 0 Å². The quantitative estimate of drug-likeness (QED) is 0.881. The van der Waals surface area contributed by atoms with Crippen molar-refractivity contribution in [1.29, 1.82) is 0 Å². The fourth-order valence-electron chi connectivity index (χ4n) is 3.17. The maximum atomic E-state index is 12.6. The summed E-state index contributed by atoms with van der Waals surface area (Å²) in [5.74, 6) is -0.680. The van der Waals surface area contributed by atoms with Crippen molar-refractivity contribution in [3.8, 4) is 0 Å². The Balaban J connectivity index is 1.80. The molecule has 2 unspecified atom stereocenters. The number of hydrogen-bond donors (Lipinski definition) is 1. The predicted octanol–water partition coefficient (Wildman–Crippen LogP) is 2.36. The summed E-state index contributed by atoms with van der Waals surface area (Å²) in [6.07, 6.45) is 6.63. The van der Waals surface area contributed by atoms with Gasteiger partial charge in [0.2, 0.25) is 11.8 Å². The maximum absolute atomic E-state index is 12.6. The summed E-state index contributed by atoms with van der Waals surface area (Å²) in [5.41, 5.74) is 7.17. The van der Waals surface area contributed by atoms with Crippen LogP contribution in [0, 0.1) is 5.92 Å². The summed E-state index contributed by atoms with van der Waals surface area (Å²) in [6, 6.07) is 9.87. The molecule has 5 heteroatoms. The highest BCUT2D eigenvalue weighted by Crippen LogP contribution is 2.23. The van der Waals surface area contributed by atoms with E-state index in [1.807, 2.05) is 37.3 Å². The zero-order chi connectivity index (χ0) is 17.1. The van der Waals surface area contributed by atoms with Gasteiger partial charge in [0.1, 0.15) is 0 Å². The highest BCUT2D eigenvalue weighted by atomic mass is 16.2. The van der Waals surface area contributed by atoms with E-state index in [0.717, 1.165) is 29.3 Å². The summed E-state index contributed by atoms with van der Waals surface area (Å²) < 4.78 is 0. The molecule has 3 rings (SSSR count).